The van der Waals surface area contributed by atoms with Crippen LogP contribution < -0.4 is 0 Å². The molecule has 0 spiro atoms. The molecule has 0 aromatic heterocycles. The summed E-state index contributed by atoms with van der Waals surface area (Å²) in [5.41, 5.74) is 3.53. The number of rotatable bonds is 1. The average Bonchev–Trinajstić information content (AvgIpc) is 2.35. The molecule has 0 atom stereocenters. The Labute approximate surface area is 74.4 Å². The Morgan fingerprint density at radius 1 is 1.17 bits per heavy atom. The number of nitriles is 1. The van der Waals surface area contributed by atoms with E-state index in [0.29, 0.717) is 5.92 Å². The number of nitrogens with zero attached hydrogens (tertiary/aromatic N) is 1. The predicted molar refractivity (Wildman–Crippen MR) is 49.5 cm³/mol. The third kappa shape index (κ3) is 2.26. The van der Waals surface area contributed by atoms with Gasteiger partial charge in [-0.3, -0.25) is 0 Å². The van der Waals surface area contributed by atoms with Gasteiger partial charge in [0.2, 0.25) is 0 Å². The van der Waals surface area contributed by atoms with Gasteiger partial charge >= 0.3 is 0 Å². The molecular formula is C11H15N. The van der Waals surface area contributed by atoms with Gasteiger partial charge in [0.25, 0.3) is 0 Å². The van der Waals surface area contributed by atoms with Gasteiger partial charge in [0.05, 0.1) is 5.57 Å². The van der Waals surface area contributed by atoms with Crippen molar-refractivity contribution in [1.82, 2.24) is 0 Å². The minimum Gasteiger partial charge on any atom is -0.192 e. The summed E-state index contributed by atoms with van der Waals surface area (Å²) in [6, 6.07) is 2.19. The van der Waals surface area contributed by atoms with E-state index in [9.17, 15) is 0 Å². The van der Waals surface area contributed by atoms with Crippen molar-refractivity contribution in [1.29, 1.82) is 5.26 Å². The largest absolute Gasteiger partial charge is 0.192 e. The molecular weight excluding hydrogens is 146 g/mol. The first-order valence-electron chi connectivity index (χ1n) is 4.68. The highest BCUT2D eigenvalue weighted by atomic mass is 14.3. The summed E-state index contributed by atoms with van der Waals surface area (Å²) in [5.74, 6) is 0.454. The zero-order chi connectivity index (χ0) is 8.81. The number of hydrogen-bond acceptors (Lipinski definition) is 1. The monoisotopic (exact) mass is 161 g/mol. The van der Waals surface area contributed by atoms with E-state index in [1.807, 2.05) is 0 Å². The molecule has 1 saturated carbocycles. The minimum atomic E-state index is 0.454. The van der Waals surface area contributed by atoms with E-state index in [2.05, 4.69) is 18.4 Å². The van der Waals surface area contributed by atoms with Crippen LogP contribution in [0.25, 0.3) is 0 Å². The summed E-state index contributed by atoms with van der Waals surface area (Å²) in [5, 5.41) is 8.78. The van der Waals surface area contributed by atoms with Crippen molar-refractivity contribution in [2.24, 2.45) is 5.92 Å². The van der Waals surface area contributed by atoms with E-state index < -0.39 is 0 Å². The predicted octanol–water partition coefficient (Wildman–Crippen LogP) is 3.19. The zero-order valence-corrected chi connectivity index (χ0v) is 7.47. The fourth-order valence-electron chi connectivity index (χ4n) is 1.84. The summed E-state index contributed by atoms with van der Waals surface area (Å²) < 4.78 is 0. The number of allylic oxidation sites excluding steroid dienone is 1. The number of hydrogen-bond donors (Lipinski definition) is 0. The molecule has 1 nitrogen and oxygen atoms in total. The molecule has 0 bridgehead atoms. The summed E-state index contributed by atoms with van der Waals surface area (Å²) in [4.78, 5) is 0. The molecule has 0 aliphatic heterocycles. The lowest BCUT2D eigenvalue weighted by molar-refractivity contribution is 0.542. The Morgan fingerprint density at radius 2 is 1.75 bits per heavy atom. The van der Waals surface area contributed by atoms with Gasteiger partial charge in [0, 0.05) is 5.92 Å². The van der Waals surface area contributed by atoms with E-state index in [1.54, 1.807) is 0 Å². The van der Waals surface area contributed by atoms with Crippen LogP contribution in [-0.4, -0.2) is 0 Å². The second kappa shape index (κ2) is 4.80. The van der Waals surface area contributed by atoms with E-state index in [1.165, 1.54) is 25.7 Å². The van der Waals surface area contributed by atoms with Crippen molar-refractivity contribution in [2.75, 3.05) is 0 Å². The lowest BCUT2D eigenvalue weighted by Crippen LogP contribution is -2.00. The highest BCUT2D eigenvalue weighted by Crippen LogP contribution is 2.27. The first kappa shape index (κ1) is 9.10. The molecule has 0 aromatic carbocycles. The van der Waals surface area contributed by atoms with Gasteiger partial charge in [-0.2, -0.15) is 5.26 Å². The van der Waals surface area contributed by atoms with E-state index in [0.717, 1.165) is 18.4 Å². The molecule has 1 aliphatic carbocycles. The molecule has 0 N–H and O–H groups in total. The molecule has 12 heavy (non-hydrogen) atoms. The standard InChI is InChI=1S/C11H15N/c1-2-10(9-12)11-7-5-3-4-6-8-11/h11H,1,3-8H2. The molecule has 1 fully saturated rings. The Kier molecular flexibility index (Phi) is 3.64. The van der Waals surface area contributed by atoms with E-state index >= 15 is 0 Å². The van der Waals surface area contributed by atoms with Gasteiger partial charge in [-0.15, -0.1) is 5.73 Å². The summed E-state index contributed by atoms with van der Waals surface area (Å²) in [7, 11) is 0. The van der Waals surface area contributed by atoms with Gasteiger partial charge in [-0.05, 0) is 12.8 Å². The molecule has 0 unspecified atom stereocenters. The van der Waals surface area contributed by atoms with Crippen LogP contribution in [0, 0.1) is 17.2 Å². The van der Waals surface area contributed by atoms with Crippen LogP contribution >= 0.6 is 0 Å². The van der Waals surface area contributed by atoms with Crippen LogP contribution in [0.2, 0.25) is 0 Å². The summed E-state index contributed by atoms with van der Waals surface area (Å²) >= 11 is 0. The van der Waals surface area contributed by atoms with Gasteiger partial charge in [-0.1, -0.05) is 32.3 Å². The highest BCUT2D eigenvalue weighted by molar-refractivity contribution is 5.22. The lowest BCUT2D eigenvalue weighted by atomic mass is 9.93. The highest BCUT2D eigenvalue weighted by Gasteiger charge is 2.15. The molecule has 0 saturated heterocycles. The topological polar surface area (TPSA) is 23.8 Å². The maximum atomic E-state index is 8.78. The maximum absolute atomic E-state index is 8.78. The molecule has 1 rings (SSSR count). The SMILES string of the molecule is C=C=C(C#N)C1CCCCCC1. The molecule has 0 heterocycles. The Bertz CT molecular complexity index is 220. The van der Waals surface area contributed by atoms with Crippen molar-refractivity contribution >= 4 is 0 Å². The van der Waals surface area contributed by atoms with Crippen LogP contribution in [0.3, 0.4) is 0 Å². The van der Waals surface area contributed by atoms with Crippen molar-refractivity contribution < 1.29 is 0 Å². The Hall–Kier alpha value is -0.990. The van der Waals surface area contributed by atoms with Crippen molar-refractivity contribution in [3.8, 4) is 6.07 Å². The van der Waals surface area contributed by atoms with Gasteiger partial charge in [0.1, 0.15) is 6.07 Å². The van der Waals surface area contributed by atoms with Crippen LogP contribution in [0.15, 0.2) is 17.9 Å². The Balaban J connectivity index is 2.60. The van der Waals surface area contributed by atoms with Crippen LogP contribution in [0.5, 0.6) is 0 Å². The smallest absolute Gasteiger partial charge is 0.103 e. The van der Waals surface area contributed by atoms with Gasteiger partial charge < -0.3 is 0 Å². The second-order valence-electron chi connectivity index (χ2n) is 3.39. The lowest BCUT2D eigenvalue weighted by Gasteiger charge is -2.09. The fraction of sp³-hybridized carbons (Fsp3) is 0.636. The fourth-order valence-corrected chi connectivity index (χ4v) is 1.84. The summed E-state index contributed by atoms with van der Waals surface area (Å²) in [6.07, 6.45) is 7.49. The van der Waals surface area contributed by atoms with E-state index in [-0.39, 0.29) is 0 Å². The third-order valence-electron chi connectivity index (χ3n) is 2.57. The van der Waals surface area contributed by atoms with Crippen molar-refractivity contribution in [3.05, 3.63) is 17.9 Å². The minimum absolute atomic E-state index is 0.454. The molecule has 0 radical (unpaired) electrons. The molecule has 0 aromatic rings. The molecule has 64 valence electrons. The Morgan fingerprint density at radius 3 is 2.17 bits per heavy atom. The first-order chi connectivity index (χ1) is 5.88. The second-order valence-corrected chi connectivity index (χ2v) is 3.39. The van der Waals surface area contributed by atoms with Crippen molar-refractivity contribution in [3.63, 3.8) is 0 Å². The zero-order valence-electron chi connectivity index (χ0n) is 7.47. The molecule has 1 heteroatoms. The average molecular weight is 161 g/mol. The quantitative estimate of drug-likeness (QED) is 0.329. The summed E-state index contributed by atoms with van der Waals surface area (Å²) in [6.45, 7) is 3.55. The maximum Gasteiger partial charge on any atom is 0.103 e. The van der Waals surface area contributed by atoms with E-state index in [4.69, 9.17) is 5.26 Å². The van der Waals surface area contributed by atoms with Crippen LogP contribution in [0.4, 0.5) is 0 Å². The van der Waals surface area contributed by atoms with Gasteiger partial charge in [0.15, 0.2) is 0 Å². The molecule has 0 amide bonds. The molecule has 1 aliphatic rings. The van der Waals surface area contributed by atoms with Crippen molar-refractivity contribution in [2.45, 2.75) is 38.5 Å². The van der Waals surface area contributed by atoms with Crippen LogP contribution in [-0.2, 0) is 0 Å². The first-order valence-corrected chi connectivity index (χ1v) is 4.68. The third-order valence-corrected chi connectivity index (χ3v) is 2.57. The van der Waals surface area contributed by atoms with Gasteiger partial charge in [-0.25, -0.2) is 0 Å². The van der Waals surface area contributed by atoms with Crippen LogP contribution in [0.1, 0.15) is 38.5 Å². The normalized spacial score (nSPS) is 18.9.